The minimum atomic E-state index is -0.306. The number of hydrogen-bond acceptors (Lipinski definition) is 1. The predicted molar refractivity (Wildman–Crippen MR) is 118 cm³/mol. The molecule has 0 aliphatic carbocycles. The zero-order chi connectivity index (χ0) is 20.6. The molecule has 0 spiro atoms. The van der Waals surface area contributed by atoms with Gasteiger partial charge in [0.15, 0.2) is 0 Å². The largest absolute Gasteiger partial charge is 0.369 e. The van der Waals surface area contributed by atoms with Crippen LogP contribution in [-0.2, 0) is 11.2 Å². The van der Waals surface area contributed by atoms with Gasteiger partial charge in [-0.05, 0) is 53.6 Å². The zero-order valence-corrected chi connectivity index (χ0v) is 17.7. The van der Waals surface area contributed by atoms with Crippen molar-refractivity contribution in [3.8, 4) is 11.8 Å². The SMILES string of the molecule is CCCCCCc1ccc(C#Cc2ccc(C(C(N)=O)C(C)(C)C)cc2)cc1. The Morgan fingerprint density at radius 3 is 1.89 bits per heavy atom. The van der Waals surface area contributed by atoms with Crippen LogP contribution in [0.25, 0.3) is 0 Å². The Morgan fingerprint density at radius 1 is 0.893 bits per heavy atom. The molecule has 0 fully saturated rings. The van der Waals surface area contributed by atoms with Crippen molar-refractivity contribution >= 4 is 5.91 Å². The molecule has 2 heteroatoms. The highest BCUT2D eigenvalue weighted by Crippen LogP contribution is 2.34. The van der Waals surface area contributed by atoms with Gasteiger partial charge in [-0.15, -0.1) is 0 Å². The second-order valence-electron chi connectivity index (χ2n) is 8.58. The molecular formula is C26H33NO. The third-order valence-electron chi connectivity index (χ3n) is 5.02. The van der Waals surface area contributed by atoms with Gasteiger partial charge in [0.1, 0.15) is 0 Å². The van der Waals surface area contributed by atoms with E-state index in [4.69, 9.17) is 5.73 Å². The first-order valence-electron chi connectivity index (χ1n) is 10.3. The molecule has 0 bridgehead atoms. The van der Waals surface area contributed by atoms with Crippen LogP contribution < -0.4 is 5.73 Å². The molecule has 0 saturated carbocycles. The average molecular weight is 376 g/mol. The van der Waals surface area contributed by atoms with Crippen molar-refractivity contribution < 1.29 is 4.79 Å². The van der Waals surface area contributed by atoms with Gasteiger partial charge in [-0.3, -0.25) is 4.79 Å². The Kier molecular flexibility index (Phi) is 7.88. The molecule has 2 aromatic carbocycles. The topological polar surface area (TPSA) is 43.1 Å². The fourth-order valence-corrected chi connectivity index (χ4v) is 3.50. The average Bonchev–Trinajstić information content (AvgIpc) is 2.64. The summed E-state index contributed by atoms with van der Waals surface area (Å²) in [5.41, 5.74) is 9.68. The highest BCUT2D eigenvalue weighted by Gasteiger charge is 2.30. The van der Waals surface area contributed by atoms with Crippen molar-refractivity contribution in [2.24, 2.45) is 11.1 Å². The van der Waals surface area contributed by atoms with Crippen LogP contribution in [0.5, 0.6) is 0 Å². The maximum Gasteiger partial charge on any atom is 0.225 e. The van der Waals surface area contributed by atoms with Crippen molar-refractivity contribution in [2.75, 3.05) is 0 Å². The van der Waals surface area contributed by atoms with Crippen molar-refractivity contribution in [1.82, 2.24) is 0 Å². The van der Waals surface area contributed by atoms with E-state index in [0.29, 0.717) is 0 Å². The van der Waals surface area contributed by atoms with Gasteiger partial charge in [-0.2, -0.15) is 0 Å². The van der Waals surface area contributed by atoms with E-state index in [1.165, 1.54) is 31.2 Å². The number of benzene rings is 2. The van der Waals surface area contributed by atoms with Crippen LogP contribution in [0, 0.1) is 17.3 Å². The third-order valence-corrected chi connectivity index (χ3v) is 5.02. The molecule has 28 heavy (non-hydrogen) atoms. The van der Waals surface area contributed by atoms with E-state index in [0.717, 1.165) is 23.1 Å². The molecule has 1 unspecified atom stereocenters. The second-order valence-corrected chi connectivity index (χ2v) is 8.58. The molecule has 0 aliphatic rings. The number of hydrogen-bond donors (Lipinski definition) is 1. The number of primary amides is 1. The second kappa shape index (κ2) is 10.1. The van der Waals surface area contributed by atoms with E-state index in [1.54, 1.807) is 0 Å². The van der Waals surface area contributed by atoms with Crippen LogP contribution in [0.3, 0.4) is 0 Å². The Balaban J connectivity index is 2.03. The van der Waals surface area contributed by atoms with E-state index in [2.05, 4.69) is 43.0 Å². The van der Waals surface area contributed by atoms with E-state index in [1.807, 2.05) is 45.0 Å². The molecule has 0 heterocycles. The van der Waals surface area contributed by atoms with E-state index in [-0.39, 0.29) is 17.2 Å². The van der Waals surface area contributed by atoms with Crippen LogP contribution in [-0.4, -0.2) is 5.91 Å². The van der Waals surface area contributed by atoms with Crippen LogP contribution in [0.4, 0.5) is 0 Å². The Labute approximate surface area is 170 Å². The Morgan fingerprint density at radius 2 is 1.43 bits per heavy atom. The molecule has 0 saturated heterocycles. The lowest BCUT2D eigenvalue weighted by Gasteiger charge is -2.28. The van der Waals surface area contributed by atoms with Gasteiger partial charge in [-0.25, -0.2) is 0 Å². The smallest absolute Gasteiger partial charge is 0.225 e. The number of rotatable bonds is 7. The summed E-state index contributed by atoms with van der Waals surface area (Å²) < 4.78 is 0. The molecule has 2 rings (SSSR count). The summed E-state index contributed by atoms with van der Waals surface area (Å²) in [4.78, 5) is 11.9. The summed E-state index contributed by atoms with van der Waals surface area (Å²) in [5, 5.41) is 0. The maximum atomic E-state index is 11.9. The highest BCUT2D eigenvalue weighted by atomic mass is 16.1. The van der Waals surface area contributed by atoms with Crippen molar-refractivity contribution in [2.45, 2.75) is 65.7 Å². The fraction of sp³-hybridized carbons (Fsp3) is 0.423. The number of carbonyl (C=O) groups excluding carboxylic acids is 1. The van der Waals surface area contributed by atoms with Crippen LogP contribution in [0.2, 0.25) is 0 Å². The molecule has 0 aromatic heterocycles. The van der Waals surface area contributed by atoms with Crippen LogP contribution in [0.1, 0.15) is 81.5 Å². The van der Waals surface area contributed by atoms with Crippen molar-refractivity contribution in [3.63, 3.8) is 0 Å². The quantitative estimate of drug-likeness (QED) is 0.480. The first kappa shape index (κ1) is 21.8. The summed E-state index contributed by atoms with van der Waals surface area (Å²) >= 11 is 0. The molecule has 0 radical (unpaired) electrons. The minimum Gasteiger partial charge on any atom is -0.369 e. The molecule has 1 atom stereocenters. The molecular weight excluding hydrogens is 342 g/mol. The lowest BCUT2D eigenvalue weighted by Crippen LogP contribution is -2.31. The van der Waals surface area contributed by atoms with Gasteiger partial charge in [0.2, 0.25) is 5.91 Å². The molecule has 2 nitrogen and oxygen atoms in total. The highest BCUT2D eigenvalue weighted by molar-refractivity contribution is 5.82. The van der Waals surface area contributed by atoms with Gasteiger partial charge in [0.25, 0.3) is 0 Å². The van der Waals surface area contributed by atoms with Gasteiger partial charge in [0.05, 0.1) is 5.92 Å². The summed E-state index contributed by atoms with van der Waals surface area (Å²) in [6.45, 7) is 8.33. The lowest BCUT2D eigenvalue weighted by molar-refractivity contribution is -0.121. The molecule has 148 valence electrons. The summed E-state index contributed by atoms with van der Waals surface area (Å²) in [7, 11) is 0. The monoisotopic (exact) mass is 375 g/mol. The normalized spacial score (nSPS) is 12.1. The first-order chi connectivity index (χ1) is 13.3. The number of amides is 1. The maximum absolute atomic E-state index is 11.9. The van der Waals surface area contributed by atoms with Crippen molar-refractivity contribution in [1.29, 1.82) is 0 Å². The zero-order valence-electron chi connectivity index (χ0n) is 17.7. The Hall–Kier alpha value is -2.53. The number of unbranched alkanes of at least 4 members (excludes halogenated alkanes) is 3. The summed E-state index contributed by atoms with van der Waals surface area (Å²) in [6, 6.07) is 16.4. The molecule has 2 aromatic rings. The third kappa shape index (κ3) is 6.57. The molecule has 1 amide bonds. The van der Waals surface area contributed by atoms with E-state index in [9.17, 15) is 4.79 Å². The summed E-state index contributed by atoms with van der Waals surface area (Å²) in [5.74, 6) is 5.84. The summed E-state index contributed by atoms with van der Waals surface area (Å²) in [6.07, 6.45) is 6.29. The fourth-order valence-electron chi connectivity index (χ4n) is 3.50. The number of aryl methyl sites for hydroxylation is 1. The van der Waals surface area contributed by atoms with E-state index >= 15 is 0 Å². The predicted octanol–water partition coefficient (Wildman–Crippen LogP) is 5.82. The van der Waals surface area contributed by atoms with Crippen LogP contribution in [0.15, 0.2) is 48.5 Å². The van der Waals surface area contributed by atoms with E-state index < -0.39 is 0 Å². The van der Waals surface area contributed by atoms with Gasteiger partial charge >= 0.3 is 0 Å². The van der Waals surface area contributed by atoms with Gasteiger partial charge < -0.3 is 5.73 Å². The first-order valence-corrected chi connectivity index (χ1v) is 10.3. The minimum absolute atomic E-state index is 0.211. The van der Waals surface area contributed by atoms with Gasteiger partial charge in [0, 0.05) is 11.1 Å². The number of nitrogens with two attached hydrogens (primary N) is 1. The lowest BCUT2D eigenvalue weighted by atomic mass is 9.76. The number of carbonyl (C=O) groups is 1. The standard InChI is InChI=1S/C26H33NO/c1-5-6-7-8-9-20-10-12-21(13-11-20)14-15-22-16-18-23(19-17-22)24(25(27)28)26(2,3)4/h10-13,16-19,24H,5-9H2,1-4H3,(H2,27,28). The van der Waals surface area contributed by atoms with Crippen molar-refractivity contribution in [3.05, 3.63) is 70.8 Å². The van der Waals surface area contributed by atoms with Crippen LogP contribution >= 0.6 is 0 Å². The Bertz CT molecular complexity index is 814. The molecule has 0 aliphatic heterocycles. The molecule has 2 N–H and O–H groups in total. The van der Waals surface area contributed by atoms with Gasteiger partial charge in [-0.1, -0.05) is 83.1 Å².